The molecule has 0 fully saturated rings. The Balaban J connectivity index is 1.68. The average molecular weight is 298 g/mol. The number of hydrogen-bond donors (Lipinski definition) is 1. The van der Waals surface area contributed by atoms with Crippen molar-refractivity contribution in [1.82, 2.24) is 14.5 Å². The van der Waals surface area contributed by atoms with Crippen LogP contribution < -0.4 is 5.32 Å². The number of aryl methyl sites for hydroxylation is 2. The molecule has 1 aromatic carbocycles. The standard InChI is InChI=1S/C16H18N4O2/c1-12-3-5-13(6-4-12)18-15(21)16(22)19-7-2-8-20-11-17-9-14(20)10-19/h3-6,9,11H,2,7-8,10H2,1H3,(H,18,21). The Hall–Kier alpha value is -2.63. The number of carbonyl (C=O) groups excluding carboxylic acids is 2. The van der Waals surface area contributed by atoms with Crippen molar-refractivity contribution in [2.24, 2.45) is 0 Å². The van der Waals surface area contributed by atoms with E-state index >= 15 is 0 Å². The maximum absolute atomic E-state index is 12.3. The second kappa shape index (κ2) is 6.01. The number of fused-ring (bicyclic) bond motifs is 1. The Labute approximate surface area is 128 Å². The van der Waals surface area contributed by atoms with Gasteiger partial charge in [-0.05, 0) is 25.5 Å². The number of nitrogens with one attached hydrogen (secondary N) is 1. The molecule has 6 nitrogen and oxygen atoms in total. The van der Waals surface area contributed by atoms with Crippen molar-refractivity contribution in [2.75, 3.05) is 11.9 Å². The first-order valence-electron chi connectivity index (χ1n) is 7.29. The molecule has 2 amide bonds. The SMILES string of the molecule is Cc1ccc(NC(=O)C(=O)N2CCCn3cncc3C2)cc1. The summed E-state index contributed by atoms with van der Waals surface area (Å²) in [6.07, 6.45) is 4.31. The Morgan fingerprint density at radius 1 is 1.18 bits per heavy atom. The minimum Gasteiger partial charge on any atom is -0.333 e. The fourth-order valence-electron chi connectivity index (χ4n) is 2.53. The number of imidazole rings is 1. The number of rotatable bonds is 1. The van der Waals surface area contributed by atoms with Gasteiger partial charge >= 0.3 is 11.8 Å². The van der Waals surface area contributed by atoms with Crippen molar-refractivity contribution in [3.63, 3.8) is 0 Å². The summed E-state index contributed by atoms with van der Waals surface area (Å²) in [5.41, 5.74) is 2.68. The van der Waals surface area contributed by atoms with Gasteiger partial charge in [-0.2, -0.15) is 0 Å². The van der Waals surface area contributed by atoms with Gasteiger partial charge in [-0.3, -0.25) is 9.59 Å². The number of carbonyl (C=O) groups is 2. The van der Waals surface area contributed by atoms with Crippen LogP contribution in [0.25, 0.3) is 0 Å². The summed E-state index contributed by atoms with van der Waals surface area (Å²) in [6.45, 7) is 3.78. The van der Waals surface area contributed by atoms with E-state index < -0.39 is 11.8 Å². The average Bonchev–Trinajstić information content (AvgIpc) is 2.86. The molecule has 0 saturated heterocycles. The number of aromatic nitrogens is 2. The summed E-state index contributed by atoms with van der Waals surface area (Å²) in [5.74, 6) is -1.10. The van der Waals surface area contributed by atoms with E-state index in [9.17, 15) is 9.59 Å². The zero-order chi connectivity index (χ0) is 15.5. The first kappa shape index (κ1) is 14.3. The zero-order valence-electron chi connectivity index (χ0n) is 12.5. The van der Waals surface area contributed by atoms with Crippen LogP contribution in [-0.2, 0) is 22.7 Å². The second-order valence-corrected chi connectivity index (χ2v) is 5.48. The van der Waals surface area contributed by atoms with Crippen molar-refractivity contribution < 1.29 is 9.59 Å². The van der Waals surface area contributed by atoms with E-state index in [4.69, 9.17) is 0 Å². The van der Waals surface area contributed by atoms with E-state index in [1.54, 1.807) is 29.6 Å². The molecule has 114 valence electrons. The summed E-state index contributed by atoms with van der Waals surface area (Å²) in [5, 5.41) is 2.65. The molecule has 0 radical (unpaired) electrons. The van der Waals surface area contributed by atoms with E-state index in [-0.39, 0.29) is 0 Å². The van der Waals surface area contributed by atoms with Crippen LogP contribution in [0.15, 0.2) is 36.8 Å². The van der Waals surface area contributed by atoms with Gasteiger partial charge in [0.25, 0.3) is 0 Å². The molecule has 2 heterocycles. The fourth-order valence-corrected chi connectivity index (χ4v) is 2.53. The number of benzene rings is 1. The molecule has 2 aromatic rings. The van der Waals surface area contributed by atoms with E-state index in [0.717, 1.165) is 24.2 Å². The lowest BCUT2D eigenvalue weighted by molar-refractivity contribution is -0.143. The lowest BCUT2D eigenvalue weighted by Crippen LogP contribution is -2.39. The van der Waals surface area contributed by atoms with E-state index in [2.05, 4.69) is 10.3 Å². The predicted molar refractivity (Wildman–Crippen MR) is 82.1 cm³/mol. The van der Waals surface area contributed by atoms with Crippen molar-refractivity contribution >= 4 is 17.5 Å². The van der Waals surface area contributed by atoms with Crippen molar-refractivity contribution in [2.45, 2.75) is 26.4 Å². The minimum atomic E-state index is -0.600. The molecule has 22 heavy (non-hydrogen) atoms. The highest BCUT2D eigenvalue weighted by molar-refractivity contribution is 6.39. The van der Waals surface area contributed by atoms with Crippen molar-refractivity contribution in [3.8, 4) is 0 Å². The number of hydrogen-bond acceptors (Lipinski definition) is 3. The number of anilines is 1. The Morgan fingerprint density at radius 3 is 2.73 bits per heavy atom. The molecule has 3 rings (SSSR count). The lowest BCUT2D eigenvalue weighted by Gasteiger charge is -2.19. The second-order valence-electron chi connectivity index (χ2n) is 5.48. The molecule has 1 aromatic heterocycles. The summed E-state index contributed by atoms with van der Waals surface area (Å²) >= 11 is 0. The van der Waals surface area contributed by atoms with Crippen LogP contribution in [0.5, 0.6) is 0 Å². The molecule has 1 aliphatic rings. The third kappa shape index (κ3) is 3.00. The maximum Gasteiger partial charge on any atom is 0.313 e. The maximum atomic E-state index is 12.3. The Bertz CT molecular complexity index is 690. The van der Waals surface area contributed by atoms with Gasteiger partial charge in [0.15, 0.2) is 0 Å². The normalized spacial score (nSPS) is 14.1. The Kier molecular flexibility index (Phi) is 3.91. The van der Waals surface area contributed by atoms with Gasteiger partial charge in [0.1, 0.15) is 0 Å². The zero-order valence-corrected chi connectivity index (χ0v) is 12.5. The third-order valence-corrected chi connectivity index (χ3v) is 3.77. The van der Waals surface area contributed by atoms with Crippen molar-refractivity contribution in [3.05, 3.63) is 48.0 Å². The van der Waals surface area contributed by atoms with Gasteiger partial charge in [0, 0.05) is 25.0 Å². The highest BCUT2D eigenvalue weighted by Gasteiger charge is 2.24. The first-order valence-corrected chi connectivity index (χ1v) is 7.29. The summed E-state index contributed by atoms with van der Waals surface area (Å²) in [6, 6.07) is 7.37. The monoisotopic (exact) mass is 298 g/mol. The van der Waals surface area contributed by atoms with Crippen LogP contribution in [-0.4, -0.2) is 32.8 Å². The van der Waals surface area contributed by atoms with Crippen LogP contribution in [0.2, 0.25) is 0 Å². The molecule has 0 spiro atoms. The fraction of sp³-hybridized carbons (Fsp3) is 0.312. The largest absolute Gasteiger partial charge is 0.333 e. The topological polar surface area (TPSA) is 67.2 Å². The van der Waals surface area contributed by atoms with Crippen LogP contribution in [0, 0.1) is 6.92 Å². The Morgan fingerprint density at radius 2 is 1.95 bits per heavy atom. The molecular formula is C16H18N4O2. The predicted octanol–water partition coefficient (Wildman–Crippen LogP) is 1.56. The van der Waals surface area contributed by atoms with Gasteiger partial charge in [0.2, 0.25) is 0 Å². The number of amides is 2. The summed E-state index contributed by atoms with van der Waals surface area (Å²) < 4.78 is 2.02. The lowest BCUT2D eigenvalue weighted by atomic mass is 10.2. The first-order chi connectivity index (χ1) is 10.6. The third-order valence-electron chi connectivity index (χ3n) is 3.77. The molecule has 0 atom stereocenters. The van der Waals surface area contributed by atoms with Crippen LogP contribution in [0.4, 0.5) is 5.69 Å². The van der Waals surface area contributed by atoms with Crippen LogP contribution in [0.1, 0.15) is 17.7 Å². The molecule has 0 aliphatic carbocycles. The highest BCUT2D eigenvalue weighted by Crippen LogP contribution is 2.13. The minimum absolute atomic E-state index is 0.417. The molecule has 0 bridgehead atoms. The van der Waals surface area contributed by atoms with Crippen molar-refractivity contribution in [1.29, 1.82) is 0 Å². The molecule has 0 saturated carbocycles. The molecule has 6 heteroatoms. The van der Waals surface area contributed by atoms with Crippen LogP contribution in [0.3, 0.4) is 0 Å². The van der Waals surface area contributed by atoms with Gasteiger partial charge in [0.05, 0.1) is 18.6 Å². The molecule has 0 unspecified atom stereocenters. The highest BCUT2D eigenvalue weighted by atomic mass is 16.2. The van der Waals surface area contributed by atoms with Gasteiger partial charge in [-0.25, -0.2) is 4.98 Å². The van der Waals surface area contributed by atoms with Gasteiger partial charge < -0.3 is 14.8 Å². The summed E-state index contributed by atoms with van der Waals surface area (Å²) in [4.78, 5) is 30.1. The quantitative estimate of drug-likeness (QED) is 0.813. The van der Waals surface area contributed by atoms with Crippen LogP contribution >= 0.6 is 0 Å². The smallest absolute Gasteiger partial charge is 0.313 e. The van der Waals surface area contributed by atoms with E-state index in [1.165, 1.54) is 0 Å². The van der Waals surface area contributed by atoms with E-state index in [0.29, 0.717) is 18.8 Å². The van der Waals surface area contributed by atoms with Gasteiger partial charge in [-0.1, -0.05) is 17.7 Å². The molecular weight excluding hydrogens is 280 g/mol. The number of nitrogens with zero attached hydrogens (tertiary/aromatic N) is 3. The molecule has 1 N–H and O–H groups in total. The van der Waals surface area contributed by atoms with E-state index in [1.807, 2.05) is 23.6 Å². The van der Waals surface area contributed by atoms with Gasteiger partial charge in [-0.15, -0.1) is 0 Å². The summed E-state index contributed by atoms with van der Waals surface area (Å²) in [7, 11) is 0. The molecule has 1 aliphatic heterocycles.